The van der Waals surface area contributed by atoms with Crippen LogP contribution in [0.25, 0.3) is 0 Å². The minimum atomic E-state index is -0.848. The van der Waals surface area contributed by atoms with Gasteiger partial charge in [0.1, 0.15) is 5.82 Å². The number of benzene rings is 1. The molecule has 1 heterocycles. The first kappa shape index (κ1) is 15.0. The second-order valence-corrected chi connectivity index (χ2v) is 6.01. The average molecular weight is 278 g/mol. The van der Waals surface area contributed by atoms with Crippen molar-refractivity contribution in [3.63, 3.8) is 0 Å². The summed E-state index contributed by atoms with van der Waals surface area (Å²) in [6.07, 6.45) is 2.15. The molecule has 1 aliphatic rings. The molecule has 0 aliphatic carbocycles. The third-order valence-electron chi connectivity index (χ3n) is 4.12. The van der Waals surface area contributed by atoms with E-state index in [1.807, 2.05) is 0 Å². The summed E-state index contributed by atoms with van der Waals surface area (Å²) in [5.74, 6) is 0.202. The second-order valence-electron chi connectivity index (χ2n) is 6.01. The molecule has 1 saturated heterocycles. The molecule has 110 valence electrons. The molecular weight excluding hydrogens is 255 g/mol. The number of carbonyl (C=O) groups excluding carboxylic acids is 1. The average Bonchev–Trinajstić information content (AvgIpc) is 2.92. The third kappa shape index (κ3) is 3.37. The molecule has 1 atom stereocenters. The molecule has 1 aromatic carbocycles. The Morgan fingerprint density at radius 2 is 2.20 bits per heavy atom. The highest BCUT2D eigenvalue weighted by atomic mass is 19.1. The highest BCUT2D eigenvalue weighted by Crippen LogP contribution is 2.25. The van der Waals surface area contributed by atoms with Crippen molar-refractivity contribution in [2.24, 2.45) is 5.92 Å². The Balaban J connectivity index is 1.91. The van der Waals surface area contributed by atoms with Crippen molar-refractivity contribution in [3.8, 4) is 0 Å². The minimum Gasteiger partial charge on any atom is -0.355 e. The molecular formula is C16H23FN2O. The van der Waals surface area contributed by atoms with E-state index in [0.29, 0.717) is 18.0 Å². The molecule has 1 aromatic rings. The fourth-order valence-corrected chi connectivity index (χ4v) is 2.66. The van der Waals surface area contributed by atoms with Crippen LogP contribution in [0, 0.1) is 11.7 Å². The first-order chi connectivity index (χ1) is 9.51. The van der Waals surface area contributed by atoms with Crippen LogP contribution in [0.1, 0.15) is 32.3 Å². The first-order valence-electron chi connectivity index (χ1n) is 7.26. The highest BCUT2D eigenvalue weighted by Gasteiger charge is 2.32. The molecule has 0 saturated carbocycles. The molecule has 4 heteroatoms. The van der Waals surface area contributed by atoms with Gasteiger partial charge in [0.2, 0.25) is 5.91 Å². The van der Waals surface area contributed by atoms with Gasteiger partial charge in [0.25, 0.3) is 0 Å². The van der Waals surface area contributed by atoms with Gasteiger partial charge in [-0.1, -0.05) is 18.2 Å². The summed E-state index contributed by atoms with van der Waals surface area (Å²) in [4.78, 5) is 12.3. The molecule has 0 bridgehead atoms. The van der Waals surface area contributed by atoms with Crippen LogP contribution in [0.15, 0.2) is 24.3 Å². The molecule has 0 radical (unpaired) electrons. The van der Waals surface area contributed by atoms with Crippen molar-refractivity contribution in [2.45, 2.75) is 32.1 Å². The van der Waals surface area contributed by atoms with Crippen molar-refractivity contribution in [1.29, 1.82) is 0 Å². The Morgan fingerprint density at radius 1 is 1.45 bits per heavy atom. The van der Waals surface area contributed by atoms with Crippen LogP contribution in [0.2, 0.25) is 0 Å². The Labute approximate surface area is 120 Å². The van der Waals surface area contributed by atoms with E-state index in [0.717, 1.165) is 19.5 Å². The molecule has 1 amide bonds. The summed E-state index contributed by atoms with van der Waals surface area (Å²) in [7, 11) is 0. The molecule has 2 N–H and O–H groups in total. The van der Waals surface area contributed by atoms with Crippen LogP contribution in [0.3, 0.4) is 0 Å². The van der Waals surface area contributed by atoms with Gasteiger partial charge in [-0.3, -0.25) is 4.79 Å². The fourth-order valence-electron chi connectivity index (χ4n) is 2.66. The van der Waals surface area contributed by atoms with Crippen LogP contribution >= 0.6 is 0 Å². The Hall–Kier alpha value is -1.42. The van der Waals surface area contributed by atoms with Gasteiger partial charge in [-0.15, -0.1) is 0 Å². The number of nitrogens with one attached hydrogen (secondary N) is 2. The van der Waals surface area contributed by atoms with Crippen molar-refractivity contribution in [1.82, 2.24) is 10.6 Å². The van der Waals surface area contributed by atoms with E-state index in [1.165, 1.54) is 12.5 Å². The minimum absolute atomic E-state index is 0.117. The zero-order valence-electron chi connectivity index (χ0n) is 12.2. The lowest BCUT2D eigenvalue weighted by Crippen LogP contribution is -2.41. The van der Waals surface area contributed by atoms with Gasteiger partial charge in [-0.2, -0.15) is 0 Å². The zero-order valence-corrected chi connectivity index (χ0v) is 12.2. The summed E-state index contributed by atoms with van der Waals surface area (Å²) < 4.78 is 13.8. The molecule has 20 heavy (non-hydrogen) atoms. The number of hydrogen-bond acceptors (Lipinski definition) is 2. The molecule has 1 fully saturated rings. The summed E-state index contributed by atoms with van der Waals surface area (Å²) in [5, 5.41) is 6.25. The predicted molar refractivity (Wildman–Crippen MR) is 78.0 cm³/mol. The lowest BCUT2D eigenvalue weighted by atomic mass is 9.83. The summed E-state index contributed by atoms with van der Waals surface area (Å²) in [6.45, 7) is 6.28. The van der Waals surface area contributed by atoms with Gasteiger partial charge in [0.05, 0.1) is 5.41 Å². The number of hydrogen-bond donors (Lipinski definition) is 2. The van der Waals surface area contributed by atoms with E-state index in [-0.39, 0.29) is 11.7 Å². The Kier molecular flexibility index (Phi) is 4.76. The lowest BCUT2D eigenvalue weighted by molar-refractivity contribution is -0.125. The Morgan fingerprint density at radius 3 is 2.85 bits per heavy atom. The maximum Gasteiger partial charge on any atom is 0.230 e. The van der Waals surface area contributed by atoms with Gasteiger partial charge >= 0.3 is 0 Å². The smallest absolute Gasteiger partial charge is 0.230 e. The maximum atomic E-state index is 13.8. The van der Waals surface area contributed by atoms with Gasteiger partial charge < -0.3 is 10.6 Å². The monoisotopic (exact) mass is 278 g/mol. The van der Waals surface area contributed by atoms with E-state index < -0.39 is 5.41 Å². The number of rotatable bonds is 5. The summed E-state index contributed by atoms with van der Waals surface area (Å²) in [5.41, 5.74) is -0.403. The van der Waals surface area contributed by atoms with E-state index in [9.17, 15) is 9.18 Å². The van der Waals surface area contributed by atoms with Crippen LogP contribution in [0.4, 0.5) is 4.39 Å². The Bertz CT molecular complexity index is 467. The third-order valence-corrected chi connectivity index (χ3v) is 4.12. The second kappa shape index (κ2) is 6.35. The van der Waals surface area contributed by atoms with Crippen molar-refractivity contribution in [2.75, 3.05) is 19.6 Å². The molecule has 1 aliphatic heterocycles. The van der Waals surface area contributed by atoms with Crippen molar-refractivity contribution < 1.29 is 9.18 Å². The van der Waals surface area contributed by atoms with E-state index in [2.05, 4.69) is 10.6 Å². The standard InChI is InChI=1S/C16H23FN2O/c1-16(2,13-5-3-4-6-14(13)17)15(20)19-10-8-12-7-9-18-11-12/h3-6,12,18H,7-11H2,1-2H3,(H,19,20). The van der Waals surface area contributed by atoms with Crippen LogP contribution in [-0.4, -0.2) is 25.5 Å². The molecule has 1 unspecified atom stereocenters. The van der Waals surface area contributed by atoms with Gasteiger partial charge in [-0.25, -0.2) is 4.39 Å². The van der Waals surface area contributed by atoms with Gasteiger partial charge in [-0.05, 0) is 51.8 Å². The fraction of sp³-hybridized carbons (Fsp3) is 0.562. The van der Waals surface area contributed by atoms with Crippen molar-refractivity contribution in [3.05, 3.63) is 35.6 Å². The molecule has 2 rings (SSSR count). The van der Waals surface area contributed by atoms with Crippen LogP contribution in [0.5, 0.6) is 0 Å². The topological polar surface area (TPSA) is 41.1 Å². The SMILES string of the molecule is CC(C)(C(=O)NCCC1CCNC1)c1ccccc1F. The van der Waals surface area contributed by atoms with Gasteiger partial charge in [0, 0.05) is 12.1 Å². The summed E-state index contributed by atoms with van der Waals surface area (Å²) >= 11 is 0. The van der Waals surface area contributed by atoms with E-state index >= 15 is 0 Å². The predicted octanol–water partition coefficient (Wildman–Crippen LogP) is 2.22. The molecule has 0 spiro atoms. The highest BCUT2D eigenvalue weighted by molar-refractivity contribution is 5.87. The molecule has 3 nitrogen and oxygen atoms in total. The van der Waals surface area contributed by atoms with Crippen LogP contribution in [-0.2, 0) is 10.2 Å². The van der Waals surface area contributed by atoms with E-state index in [1.54, 1.807) is 32.0 Å². The lowest BCUT2D eigenvalue weighted by Gasteiger charge is -2.25. The van der Waals surface area contributed by atoms with Crippen molar-refractivity contribution >= 4 is 5.91 Å². The maximum absolute atomic E-state index is 13.8. The normalized spacial score (nSPS) is 19.1. The molecule has 0 aromatic heterocycles. The van der Waals surface area contributed by atoms with Crippen LogP contribution < -0.4 is 10.6 Å². The zero-order chi connectivity index (χ0) is 14.6. The first-order valence-corrected chi connectivity index (χ1v) is 7.26. The largest absolute Gasteiger partial charge is 0.355 e. The summed E-state index contributed by atoms with van der Waals surface area (Å²) in [6, 6.07) is 6.47. The van der Waals surface area contributed by atoms with Gasteiger partial charge in [0.15, 0.2) is 0 Å². The number of carbonyl (C=O) groups is 1. The number of amides is 1. The number of halogens is 1. The van der Waals surface area contributed by atoms with E-state index in [4.69, 9.17) is 0 Å². The quantitative estimate of drug-likeness (QED) is 0.867.